The molecule has 2 aromatic rings. The SMILES string of the molecule is CCOC(=O)c1c(Cl)c(-c2ncccn2)nn1C. The Morgan fingerprint density at radius 2 is 2.11 bits per heavy atom. The predicted octanol–water partition coefficient (Wildman–Crippen LogP) is 1.71. The number of hydrogen-bond acceptors (Lipinski definition) is 5. The quantitative estimate of drug-likeness (QED) is 0.791. The lowest BCUT2D eigenvalue weighted by molar-refractivity contribution is 0.0514. The van der Waals surface area contributed by atoms with Gasteiger partial charge in [0.1, 0.15) is 10.7 Å². The van der Waals surface area contributed by atoms with Crippen LogP contribution in [0.4, 0.5) is 0 Å². The van der Waals surface area contributed by atoms with Gasteiger partial charge in [-0.15, -0.1) is 0 Å². The summed E-state index contributed by atoms with van der Waals surface area (Å²) in [6, 6.07) is 1.69. The summed E-state index contributed by atoms with van der Waals surface area (Å²) in [5.74, 6) is -0.145. The van der Waals surface area contributed by atoms with Crippen molar-refractivity contribution in [3.05, 3.63) is 29.2 Å². The fourth-order valence-electron chi connectivity index (χ4n) is 1.48. The first-order valence-corrected chi connectivity index (χ1v) is 5.70. The van der Waals surface area contributed by atoms with Crippen LogP contribution in [0, 0.1) is 0 Å². The van der Waals surface area contributed by atoms with Gasteiger partial charge in [0.05, 0.1) is 6.61 Å². The van der Waals surface area contributed by atoms with Gasteiger partial charge < -0.3 is 4.74 Å². The van der Waals surface area contributed by atoms with Gasteiger partial charge in [0, 0.05) is 19.4 Å². The lowest BCUT2D eigenvalue weighted by Gasteiger charge is -2.01. The number of halogens is 1. The fourth-order valence-corrected chi connectivity index (χ4v) is 1.81. The molecule has 0 bridgehead atoms. The number of carbonyl (C=O) groups is 1. The number of nitrogens with zero attached hydrogens (tertiary/aromatic N) is 4. The molecule has 0 aromatic carbocycles. The summed E-state index contributed by atoms with van der Waals surface area (Å²) in [7, 11) is 1.62. The van der Waals surface area contributed by atoms with Crippen molar-refractivity contribution in [2.75, 3.05) is 6.61 Å². The number of carbonyl (C=O) groups excluding carboxylic acids is 1. The Bertz CT molecular complexity index is 568. The Morgan fingerprint density at radius 1 is 1.44 bits per heavy atom. The van der Waals surface area contributed by atoms with Gasteiger partial charge in [0.25, 0.3) is 0 Å². The summed E-state index contributed by atoms with van der Waals surface area (Å²) < 4.78 is 6.28. The summed E-state index contributed by atoms with van der Waals surface area (Å²) >= 11 is 6.13. The lowest BCUT2D eigenvalue weighted by atomic mass is 10.3. The third-order valence-electron chi connectivity index (χ3n) is 2.24. The van der Waals surface area contributed by atoms with E-state index in [-0.39, 0.29) is 17.3 Å². The van der Waals surface area contributed by atoms with Crippen molar-refractivity contribution in [2.45, 2.75) is 6.92 Å². The van der Waals surface area contributed by atoms with Gasteiger partial charge in [-0.25, -0.2) is 14.8 Å². The van der Waals surface area contributed by atoms with E-state index in [0.717, 1.165) is 0 Å². The number of aryl methyl sites for hydroxylation is 1. The molecule has 7 heteroatoms. The van der Waals surface area contributed by atoms with Crippen molar-refractivity contribution in [3.8, 4) is 11.5 Å². The molecule has 0 N–H and O–H groups in total. The highest BCUT2D eigenvalue weighted by molar-refractivity contribution is 6.35. The molecule has 0 saturated carbocycles. The Morgan fingerprint density at radius 3 is 2.72 bits per heavy atom. The molecule has 0 aliphatic rings. The van der Waals surface area contributed by atoms with Crippen LogP contribution < -0.4 is 0 Å². The van der Waals surface area contributed by atoms with E-state index in [1.807, 2.05) is 0 Å². The Labute approximate surface area is 109 Å². The topological polar surface area (TPSA) is 69.9 Å². The Hall–Kier alpha value is -1.95. The summed E-state index contributed by atoms with van der Waals surface area (Å²) in [4.78, 5) is 19.8. The van der Waals surface area contributed by atoms with Gasteiger partial charge in [0.2, 0.25) is 0 Å². The molecule has 2 heterocycles. The van der Waals surface area contributed by atoms with Crippen molar-refractivity contribution in [1.29, 1.82) is 0 Å². The van der Waals surface area contributed by atoms with E-state index < -0.39 is 5.97 Å². The second kappa shape index (κ2) is 5.14. The van der Waals surface area contributed by atoms with Crippen molar-refractivity contribution in [1.82, 2.24) is 19.7 Å². The first-order chi connectivity index (χ1) is 8.65. The van der Waals surface area contributed by atoms with Gasteiger partial charge >= 0.3 is 5.97 Å². The minimum atomic E-state index is -0.514. The molecule has 0 fully saturated rings. The van der Waals surface area contributed by atoms with Gasteiger partial charge in [0.15, 0.2) is 11.5 Å². The van der Waals surface area contributed by atoms with E-state index in [1.54, 1.807) is 32.4 Å². The maximum absolute atomic E-state index is 11.7. The third kappa shape index (κ3) is 2.19. The number of aromatic nitrogens is 4. The van der Waals surface area contributed by atoms with Gasteiger partial charge in [-0.05, 0) is 13.0 Å². The smallest absolute Gasteiger partial charge is 0.358 e. The molecule has 0 radical (unpaired) electrons. The van der Waals surface area contributed by atoms with Crippen molar-refractivity contribution < 1.29 is 9.53 Å². The normalized spacial score (nSPS) is 10.4. The zero-order chi connectivity index (χ0) is 13.1. The average molecular weight is 267 g/mol. The predicted molar refractivity (Wildman–Crippen MR) is 65.2 cm³/mol. The summed E-state index contributed by atoms with van der Waals surface area (Å²) in [6.07, 6.45) is 3.16. The Kier molecular flexibility index (Phi) is 3.57. The van der Waals surface area contributed by atoms with Crippen LogP contribution in [0.5, 0.6) is 0 Å². The number of hydrogen-bond donors (Lipinski definition) is 0. The van der Waals surface area contributed by atoms with Crippen LogP contribution in [0.1, 0.15) is 17.4 Å². The molecular formula is C11H11ClN4O2. The van der Waals surface area contributed by atoms with Gasteiger partial charge in [-0.1, -0.05) is 11.6 Å². The standard InChI is InChI=1S/C11H11ClN4O2/c1-3-18-11(17)9-7(12)8(15-16(9)2)10-13-5-4-6-14-10/h4-6H,3H2,1-2H3. The second-order valence-corrected chi connectivity index (χ2v) is 3.81. The van der Waals surface area contributed by atoms with Crippen molar-refractivity contribution in [2.24, 2.45) is 7.05 Å². The minimum Gasteiger partial charge on any atom is -0.461 e. The lowest BCUT2D eigenvalue weighted by Crippen LogP contribution is -2.10. The number of rotatable bonds is 3. The molecule has 0 saturated heterocycles. The van der Waals surface area contributed by atoms with Crippen LogP contribution in [0.2, 0.25) is 5.02 Å². The highest BCUT2D eigenvalue weighted by atomic mass is 35.5. The third-order valence-corrected chi connectivity index (χ3v) is 2.59. The van der Waals surface area contributed by atoms with E-state index in [4.69, 9.17) is 16.3 Å². The molecule has 2 rings (SSSR count). The molecule has 0 amide bonds. The highest BCUT2D eigenvalue weighted by Crippen LogP contribution is 2.27. The number of esters is 1. The second-order valence-electron chi connectivity index (χ2n) is 3.43. The van der Waals surface area contributed by atoms with Crippen LogP contribution in [-0.2, 0) is 11.8 Å². The monoisotopic (exact) mass is 266 g/mol. The molecule has 2 aromatic heterocycles. The zero-order valence-electron chi connectivity index (χ0n) is 9.92. The first kappa shape index (κ1) is 12.5. The largest absolute Gasteiger partial charge is 0.461 e. The van der Waals surface area contributed by atoms with E-state index in [9.17, 15) is 4.79 Å². The molecular weight excluding hydrogens is 256 g/mol. The van der Waals surface area contributed by atoms with Gasteiger partial charge in [-0.2, -0.15) is 5.10 Å². The van der Waals surface area contributed by atoms with Crippen LogP contribution in [0.25, 0.3) is 11.5 Å². The van der Waals surface area contributed by atoms with Crippen molar-refractivity contribution >= 4 is 17.6 Å². The highest BCUT2D eigenvalue weighted by Gasteiger charge is 2.23. The van der Waals surface area contributed by atoms with Crippen LogP contribution in [-0.4, -0.2) is 32.3 Å². The molecule has 94 valence electrons. The first-order valence-electron chi connectivity index (χ1n) is 5.32. The summed E-state index contributed by atoms with van der Waals surface area (Å²) in [5, 5.41) is 4.34. The molecule has 0 aliphatic heterocycles. The van der Waals surface area contributed by atoms with E-state index in [0.29, 0.717) is 11.5 Å². The average Bonchev–Trinajstić information content (AvgIpc) is 2.66. The minimum absolute atomic E-state index is 0.195. The van der Waals surface area contributed by atoms with E-state index in [1.165, 1.54) is 4.68 Å². The fraction of sp³-hybridized carbons (Fsp3) is 0.273. The van der Waals surface area contributed by atoms with Crippen molar-refractivity contribution in [3.63, 3.8) is 0 Å². The summed E-state index contributed by atoms with van der Waals surface area (Å²) in [5.41, 5.74) is 0.559. The maximum Gasteiger partial charge on any atom is 0.358 e. The van der Waals surface area contributed by atoms with Crippen LogP contribution >= 0.6 is 11.6 Å². The van der Waals surface area contributed by atoms with E-state index in [2.05, 4.69) is 15.1 Å². The Balaban J connectivity index is 2.47. The zero-order valence-corrected chi connectivity index (χ0v) is 10.7. The molecule has 6 nitrogen and oxygen atoms in total. The molecule has 18 heavy (non-hydrogen) atoms. The van der Waals surface area contributed by atoms with Gasteiger partial charge in [-0.3, -0.25) is 4.68 Å². The van der Waals surface area contributed by atoms with Crippen LogP contribution in [0.15, 0.2) is 18.5 Å². The van der Waals surface area contributed by atoms with E-state index >= 15 is 0 Å². The maximum atomic E-state index is 11.7. The van der Waals surface area contributed by atoms with Crippen LogP contribution in [0.3, 0.4) is 0 Å². The number of ether oxygens (including phenoxy) is 1. The molecule has 0 aliphatic carbocycles. The molecule has 0 unspecified atom stereocenters. The molecule has 0 spiro atoms. The molecule has 0 atom stereocenters. The summed E-state index contributed by atoms with van der Waals surface area (Å²) in [6.45, 7) is 2.00.